The van der Waals surface area contributed by atoms with Crippen LogP contribution in [0.2, 0.25) is 5.02 Å². The Hall–Kier alpha value is -2.61. The van der Waals surface area contributed by atoms with Gasteiger partial charge in [0.05, 0.1) is 6.54 Å². The predicted octanol–water partition coefficient (Wildman–Crippen LogP) is 3.06. The van der Waals surface area contributed by atoms with Crippen molar-refractivity contribution in [3.63, 3.8) is 0 Å². The van der Waals surface area contributed by atoms with Crippen LogP contribution < -0.4 is 10.1 Å². The van der Waals surface area contributed by atoms with Crippen molar-refractivity contribution in [2.75, 3.05) is 25.1 Å². The van der Waals surface area contributed by atoms with E-state index in [1.165, 1.54) is 0 Å². The molecule has 2 aliphatic rings. The van der Waals surface area contributed by atoms with E-state index in [4.69, 9.17) is 21.1 Å². The zero-order valence-corrected chi connectivity index (χ0v) is 17.1. The SMILES string of the molecule is O=C(Nc1cccc(Cl)c1)c1ccc2c(c1)OC(O)CN(C(=O)C1CCOCC1)C2. The molecule has 1 atom stereocenters. The smallest absolute Gasteiger partial charge is 0.255 e. The third-order valence-electron chi connectivity index (χ3n) is 5.29. The first-order valence-corrected chi connectivity index (χ1v) is 10.3. The number of amides is 2. The Kier molecular flexibility index (Phi) is 6.22. The second-order valence-corrected chi connectivity index (χ2v) is 7.90. The molecule has 0 saturated carbocycles. The summed E-state index contributed by atoms with van der Waals surface area (Å²) in [5.41, 5.74) is 1.70. The molecule has 2 amide bonds. The van der Waals surface area contributed by atoms with Gasteiger partial charge < -0.3 is 24.8 Å². The molecule has 2 heterocycles. The minimum Gasteiger partial charge on any atom is -0.463 e. The highest BCUT2D eigenvalue weighted by Gasteiger charge is 2.31. The summed E-state index contributed by atoms with van der Waals surface area (Å²) in [4.78, 5) is 27.1. The summed E-state index contributed by atoms with van der Waals surface area (Å²) in [6, 6.07) is 11.9. The van der Waals surface area contributed by atoms with Gasteiger partial charge in [-0.15, -0.1) is 0 Å². The largest absolute Gasteiger partial charge is 0.463 e. The minimum absolute atomic E-state index is 0.00317. The van der Waals surface area contributed by atoms with E-state index in [2.05, 4.69) is 5.32 Å². The van der Waals surface area contributed by atoms with Gasteiger partial charge >= 0.3 is 0 Å². The van der Waals surface area contributed by atoms with E-state index in [0.29, 0.717) is 54.6 Å². The summed E-state index contributed by atoms with van der Waals surface area (Å²) in [5.74, 6) is -0.0344. The van der Waals surface area contributed by atoms with E-state index in [9.17, 15) is 14.7 Å². The Labute approximate surface area is 179 Å². The van der Waals surface area contributed by atoms with Crippen molar-refractivity contribution in [2.45, 2.75) is 25.7 Å². The lowest BCUT2D eigenvalue weighted by molar-refractivity contribution is -0.143. The molecule has 4 rings (SSSR count). The molecule has 1 saturated heterocycles. The van der Waals surface area contributed by atoms with Crippen molar-refractivity contribution < 1.29 is 24.2 Å². The molecular formula is C22H23ClN2O5. The number of nitrogens with zero attached hydrogens (tertiary/aromatic N) is 1. The number of fused-ring (bicyclic) bond motifs is 1. The van der Waals surface area contributed by atoms with Crippen LogP contribution in [0.15, 0.2) is 42.5 Å². The van der Waals surface area contributed by atoms with E-state index >= 15 is 0 Å². The minimum atomic E-state index is -1.17. The number of β-amino-alcohol motifs (C(OH)–C–C–N with tert-alkyl or cyclic N) is 1. The predicted molar refractivity (Wildman–Crippen MR) is 111 cm³/mol. The third-order valence-corrected chi connectivity index (χ3v) is 5.53. The molecule has 30 heavy (non-hydrogen) atoms. The maximum absolute atomic E-state index is 12.9. The van der Waals surface area contributed by atoms with Crippen molar-refractivity contribution in [3.05, 3.63) is 58.6 Å². The lowest BCUT2D eigenvalue weighted by Gasteiger charge is -2.28. The fourth-order valence-electron chi connectivity index (χ4n) is 3.72. The fraction of sp³-hybridized carbons (Fsp3) is 0.364. The zero-order chi connectivity index (χ0) is 21.1. The second kappa shape index (κ2) is 9.04. The molecule has 0 aliphatic carbocycles. The summed E-state index contributed by atoms with van der Waals surface area (Å²) in [6.45, 7) is 1.55. The highest BCUT2D eigenvalue weighted by molar-refractivity contribution is 6.31. The van der Waals surface area contributed by atoms with E-state index in [0.717, 1.165) is 5.56 Å². The van der Waals surface area contributed by atoms with Gasteiger partial charge in [-0.25, -0.2) is 0 Å². The lowest BCUT2D eigenvalue weighted by Crippen LogP contribution is -2.42. The summed E-state index contributed by atoms with van der Waals surface area (Å²) in [7, 11) is 0. The van der Waals surface area contributed by atoms with Crippen molar-refractivity contribution in [2.24, 2.45) is 5.92 Å². The van der Waals surface area contributed by atoms with Crippen LogP contribution in [0.25, 0.3) is 0 Å². The summed E-state index contributed by atoms with van der Waals surface area (Å²) < 4.78 is 11.0. The lowest BCUT2D eigenvalue weighted by atomic mass is 9.98. The van der Waals surface area contributed by atoms with Crippen LogP contribution in [0, 0.1) is 5.92 Å². The van der Waals surface area contributed by atoms with Crippen molar-refractivity contribution in [3.8, 4) is 5.75 Å². The van der Waals surface area contributed by atoms with Gasteiger partial charge in [-0.1, -0.05) is 23.7 Å². The number of aliphatic hydroxyl groups excluding tert-OH is 1. The Balaban J connectivity index is 1.50. The van der Waals surface area contributed by atoms with Crippen LogP contribution in [0.3, 0.4) is 0 Å². The molecule has 2 aliphatic heterocycles. The van der Waals surface area contributed by atoms with E-state index in [1.54, 1.807) is 47.4 Å². The van der Waals surface area contributed by atoms with Crippen LogP contribution in [-0.2, 0) is 16.1 Å². The van der Waals surface area contributed by atoms with E-state index < -0.39 is 6.29 Å². The van der Waals surface area contributed by atoms with Crippen molar-refractivity contribution >= 4 is 29.1 Å². The standard InChI is InChI=1S/C22H23ClN2O5/c23-17-2-1-3-18(11-17)24-21(27)15-4-5-16-12-25(13-20(26)30-19(16)10-15)22(28)14-6-8-29-9-7-14/h1-5,10-11,14,20,26H,6-9,12-13H2,(H,24,27). The maximum atomic E-state index is 12.9. The summed E-state index contributed by atoms with van der Waals surface area (Å²) >= 11 is 5.96. The first kappa shape index (κ1) is 20.7. The number of halogens is 1. The van der Waals surface area contributed by atoms with Gasteiger partial charge in [0.2, 0.25) is 12.2 Å². The number of ether oxygens (including phenoxy) is 2. The molecule has 0 radical (unpaired) electrons. The molecule has 0 bridgehead atoms. The number of carbonyl (C=O) groups is 2. The van der Waals surface area contributed by atoms with Crippen molar-refractivity contribution in [1.82, 2.24) is 4.90 Å². The molecule has 8 heteroatoms. The Morgan fingerprint density at radius 3 is 2.70 bits per heavy atom. The summed E-state index contributed by atoms with van der Waals surface area (Å²) in [6.07, 6.45) is 0.199. The number of carbonyl (C=O) groups excluding carboxylic acids is 2. The molecule has 2 aromatic carbocycles. The molecule has 1 unspecified atom stereocenters. The highest BCUT2D eigenvalue weighted by atomic mass is 35.5. The number of hydrogen-bond donors (Lipinski definition) is 2. The zero-order valence-electron chi connectivity index (χ0n) is 16.3. The van der Waals surface area contributed by atoms with Crippen LogP contribution in [0.5, 0.6) is 5.75 Å². The molecule has 1 fully saturated rings. The second-order valence-electron chi connectivity index (χ2n) is 7.46. The molecule has 2 aromatic rings. The Morgan fingerprint density at radius 1 is 1.13 bits per heavy atom. The van der Waals surface area contributed by atoms with Gasteiger partial charge in [0.15, 0.2) is 0 Å². The third kappa shape index (κ3) is 4.75. The molecule has 0 spiro atoms. The van der Waals surface area contributed by atoms with Crippen LogP contribution in [0.1, 0.15) is 28.8 Å². The monoisotopic (exact) mass is 430 g/mol. The maximum Gasteiger partial charge on any atom is 0.255 e. The highest BCUT2D eigenvalue weighted by Crippen LogP contribution is 2.29. The molecule has 0 aromatic heterocycles. The number of hydrogen-bond acceptors (Lipinski definition) is 5. The Bertz CT molecular complexity index is 945. The number of aliphatic hydroxyl groups is 1. The molecule has 7 nitrogen and oxygen atoms in total. The number of nitrogens with one attached hydrogen (secondary N) is 1. The van der Waals surface area contributed by atoms with Crippen LogP contribution >= 0.6 is 11.6 Å². The number of anilines is 1. The van der Waals surface area contributed by atoms with Gasteiger partial charge in [0.1, 0.15) is 5.75 Å². The average Bonchev–Trinajstić information content (AvgIpc) is 2.91. The number of rotatable bonds is 3. The molecule has 158 valence electrons. The van der Waals surface area contributed by atoms with Gasteiger partial charge in [-0.3, -0.25) is 9.59 Å². The van der Waals surface area contributed by atoms with Gasteiger partial charge in [0, 0.05) is 47.5 Å². The van der Waals surface area contributed by atoms with Gasteiger partial charge in [-0.2, -0.15) is 0 Å². The van der Waals surface area contributed by atoms with Gasteiger partial charge in [0.25, 0.3) is 5.91 Å². The first-order valence-electron chi connectivity index (χ1n) is 9.91. The van der Waals surface area contributed by atoms with E-state index in [1.807, 2.05) is 0 Å². The topological polar surface area (TPSA) is 88.1 Å². The average molecular weight is 431 g/mol. The van der Waals surface area contributed by atoms with Gasteiger partial charge in [-0.05, 0) is 43.2 Å². The van der Waals surface area contributed by atoms with Crippen LogP contribution in [-0.4, -0.2) is 47.9 Å². The fourth-order valence-corrected chi connectivity index (χ4v) is 3.91. The van der Waals surface area contributed by atoms with Crippen molar-refractivity contribution in [1.29, 1.82) is 0 Å². The Morgan fingerprint density at radius 2 is 1.93 bits per heavy atom. The number of benzene rings is 2. The van der Waals surface area contributed by atoms with E-state index in [-0.39, 0.29) is 24.3 Å². The quantitative estimate of drug-likeness (QED) is 0.781. The normalized spacial score (nSPS) is 19.4. The van der Waals surface area contributed by atoms with Crippen LogP contribution in [0.4, 0.5) is 5.69 Å². The molecule has 2 N–H and O–H groups in total. The molecular weight excluding hydrogens is 408 g/mol. The summed E-state index contributed by atoms with van der Waals surface area (Å²) in [5, 5.41) is 13.6. The first-order chi connectivity index (χ1) is 14.5.